The van der Waals surface area contributed by atoms with Gasteiger partial charge in [-0.25, -0.2) is 4.79 Å². The molecule has 0 amide bonds. The molecule has 0 aromatic heterocycles. The summed E-state index contributed by atoms with van der Waals surface area (Å²) in [6.45, 7) is 10.1. The minimum Gasteiger partial charge on any atom is -0.491 e. The first-order valence-electron chi connectivity index (χ1n) is 11.5. The van der Waals surface area contributed by atoms with Crippen LogP contribution < -0.4 is 15.1 Å². The zero-order chi connectivity index (χ0) is 23.8. The first-order chi connectivity index (χ1) is 15.6. The summed E-state index contributed by atoms with van der Waals surface area (Å²) in [6, 6.07) is 22.7. The monoisotopic (exact) mass is 476 g/mol. The van der Waals surface area contributed by atoms with Crippen molar-refractivity contribution >= 4 is 32.5 Å². The molecule has 1 aliphatic rings. The van der Waals surface area contributed by atoms with Crippen LogP contribution in [0, 0.1) is 0 Å². The van der Waals surface area contributed by atoms with Crippen LogP contribution in [0.1, 0.15) is 10.4 Å². The van der Waals surface area contributed by atoms with Crippen LogP contribution in [0.15, 0.2) is 60.7 Å². The van der Waals surface area contributed by atoms with E-state index in [1.807, 2.05) is 24.3 Å². The fourth-order valence-corrected chi connectivity index (χ4v) is 15.0. The fraction of sp³-hybridized carbons (Fsp3) is 0.296. The summed E-state index contributed by atoms with van der Waals surface area (Å²) in [5.41, 5.74) is 4.37. The quantitative estimate of drug-likeness (QED) is 0.495. The van der Waals surface area contributed by atoms with Crippen molar-refractivity contribution in [2.75, 3.05) is 13.2 Å². The molecule has 0 saturated carbocycles. The highest BCUT2D eigenvalue weighted by Gasteiger charge is 2.39. The number of fused-ring (bicyclic) bond motifs is 1. The SMILES string of the molecule is C[Si]1(C)CC[Si](C)(C)c2cc(-c3cc(-c4ccc(C(=O)O)cc4)ccc3OCCO)ccc21. The Labute approximate surface area is 197 Å². The van der Waals surface area contributed by atoms with E-state index in [9.17, 15) is 15.0 Å². The van der Waals surface area contributed by atoms with E-state index in [-0.39, 0.29) is 18.8 Å². The van der Waals surface area contributed by atoms with Gasteiger partial charge in [0.1, 0.15) is 12.4 Å². The molecule has 3 aromatic carbocycles. The van der Waals surface area contributed by atoms with Gasteiger partial charge in [0.15, 0.2) is 0 Å². The molecule has 4 nitrogen and oxygen atoms in total. The smallest absolute Gasteiger partial charge is 0.335 e. The van der Waals surface area contributed by atoms with Gasteiger partial charge in [0.2, 0.25) is 0 Å². The second kappa shape index (κ2) is 8.93. The number of aromatic carboxylic acids is 1. The van der Waals surface area contributed by atoms with Crippen LogP contribution >= 0.6 is 0 Å². The van der Waals surface area contributed by atoms with Crippen LogP contribution in [-0.2, 0) is 0 Å². The average Bonchev–Trinajstić information content (AvgIpc) is 2.80. The Kier molecular flexibility index (Phi) is 6.35. The van der Waals surface area contributed by atoms with E-state index in [1.165, 1.54) is 12.1 Å². The van der Waals surface area contributed by atoms with Gasteiger partial charge in [-0.3, -0.25) is 0 Å². The summed E-state index contributed by atoms with van der Waals surface area (Å²) < 4.78 is 5.91. The lowest BCUT2D eigenvalue weighted by atomic mass is 9.97. The predicted molar refractivity (Wildman–Crippen MR) is 141 cm³/mol. The standard InChI is InChI=1S/C27H32O4Si2/c1-32(2)15-16-33(3,4)26-18-22(10-12-25(26)32)23-17-21(9-11-24(23)31-14-13-28)19-5-7-20(8-6-19)27(29)30/h5-12,17-18,28H,13-16H2,1-4H3,(H,29,30). The van der Waals surface area contributed by atoms with E-state index in [0.717, 1.165) is 28.0 Å². The topological polar surface area (TPSA) is 66.8 Å². The summed E-state index contributed by atoms with van der Waals surface area (Å²) in [5, 5.41) is 21.7. The molecule has 0 spiro atoms. The van der Waals surface area contributed by atoms with Crippen molar-refractivity contribution in [1.29, 1.82) is 0 Å². The Balaban J connectivity index is 1.83. The molecule has 172 valence electrons. The highest BCUT2D eigenvalue weighted by Crippen LogP contribution is 2.36. The van der Waals surface area contributed by atoms with E-state index in [4.69, 9.17) is 4.74 Å². The number of rotatable bonds is 6. The Morgan fingerprint density at radius 3 is 2.06 bits per heavy atom. The van der Waals surface area contributed by atoms with Gasteiger partial charge in [0.25, 0.3) is 0 Å². The minimum atomic E-state index is -1.50. The molecule has 2 N–H and O–H groups in total. The number of hydrogen-bond donors (Lipinski definition) is 2. The van der Waals surface area contributed by atoms with Gasteiger partial charge >= 0.3 is 5.97 Å². The zero-order valence-electron chi connectivity index (χ0n) is 19.8. The maximum absolute atomic E-state index is 11.2. The Bertz CT molecular complexity index is 1180. The van der Waals surface area contributed by atoms with Gasteiger partial charge in [-0.15, -0.1) is 0 Å². The van der Waals surface area contributed by atoms with Crippen molar-refractivity contribution < 1.29 is 19.7 Å². The average molecular weight is 477 g/mol. The minimum absolute atomic E-state index is 0.0399. The molecule has 4 rings (SSSR count). The largest absolute Gasteiger partial charge is 0.491 e. The highest BCUT2D eigenvalue weighted by molar-refractivity contribution is 7.03. The third-order valence-electron chi connectivity index (χ3n) is 6.96. The van der Waals surface area contributed by atoms with E-state index in [1.54, 1.807) is 22.5 Å². The van der Waals surface area contributed by atoms with Gasteiger partial charge in [0, 0.05) is 5.56 Å². The van der Waals surface area contributed by atoms with Crippen molar-refractivity contribution in [1.82, 2.24) is 0 Å². The third kappa shape index (κ3) is 4.69. The molecule has 1 heterocycles. The Morgan fingerprint density at radius 1 is 0.818 bits per heavy atom. The van der Waals surface area contributed by atoms with Crippen LogP contribution in [0.5, 0.6) is 5.75 Å². The molecular formula is C27H32O4Si2. The zero-order valence-corrected chi connectivity index (χ0v) is 21.8. The van der Waals surface area contributed by atoms with Gasteiger partial charge in [-0.2, -0.15) is 0 Å². The molecule has 0 unspecified atom stereocenters. The predicted octanol–water partition coefficient (Wildman–Crippen LogP) is 4.93. The van der Waals surface area contributed by atoms with Crippen molar-refractivity contribution in [3.8, 4) is 28.0 Å². The lowest BCUT2D eigenvalue weighted by molar-refractivity contribution is 0.0697. The van der Waals surface area contributed by atoms with E-state index < -0.39 is 22.1 Å². The maximum Gasteiger partial charge on any atom is 0.335 e. The fourth-order valence-electron chi connectivity index (χ4n) is 4.78. The molecule has 0 radical (unpaired) electrons. The van der Waals surface area contributed by atoms with Gasteiger partial charge < -0.3 is 14.9 Å². The summed E-state index contributed by atoms with van der Waals surface area (Å²) in [5.74, 6) is -0.177. The number of hydrogen-bond acceptors (Lipinski definition) is 3. The van der Waals surface area contributed by atoms with Crippen LogP contribution in [0.2, 0.25) is 38.3 Å². The highest BCUT2D eigenvalue weighted by atomic mass is 28.3. The van der Waals surface area contributed by atoms with Gasteiger partial charge in [-0.05, 0) is 41.0 Å². The molecule has 1 aliphatic heterocycles. The van der Waals surface area contributed by atoms with Crippen molar-refractivity contribution in [2.45, 2.75) is 38.3 Å². The lowest BCUT2D eigenvalue weighted by Crippen LogP contribution is -2.63. The molecule has 0 atom stereocenters. The number of aliphatic hydroxyl groups excluding tert-OH is 1. The molecule has 0 fully saturated rings. The second-order valence-electron chi connectivity index (χ2n) is 10.2. The Morgan fingerprint density at radius 2 is 1.42 bits per heavy atom. The summed E-state index contributed by atoms with van der Waals surface area (Å²) >= 11 is 0. The third-order valence-corrected chi connectivity index (χ3v) is 14.5. The number of carboxylic acid groups (broad SMARTS) is 1. The molecule has 3 aromatic rings. The molecule has 0 bridgehead atoms. The maximum atomic E-state index is 11.2. The van der Waals surface area contributed by atoms with Crippen LogP contribution in [0.25, 0.3) is 22.3 Å². The molecule has 33 heavy (non-hydrogen) atoms. The summed E-state index contributed by atoms with van der Waals surface area (Å²) in [6.07, 6.45) is 0. The van der Waals surface area contributed by atoms with E-state index in [0.29, 0.717) is 0 Å². The number of ether oxygens (including phenoxy) is 1. The molecule has 0 aliphatic carbocycles. The molecule has 6 heteroatoms. The lowest BCUT2D eigenvalue weighted by Gasteiger charge is -2.40. The van der Waals surface area contributed by atoms with Gasteiger partial charge in [-0.1, -0.05) is 85.0 Å². The number of carbonyl (C=O) groups is 1. The van der Waals surface area contributed by atoms with Crippen LogP contribution in [0.4, 0.5) is 0 Å². The molecule has 0 saturated heterocycles. The van der Waals surface area contributed by atoms with Crippen molar-refractivity contribution in [3.63, 3.8) is 0 Å². The second-order valence-corrected chi connectivity index (χ2v) is 19.8. The van der Waals surface area contributed by atoms with Crippen LogP contribution in [0.3, 0.4) is 0 Å². The summed E-state index contributed by atoms with van der Waals surface area (Å²) in [4.78, 5) is 11.2. The van der Waals surface area contributed by atoms with E-state index in [2.05, 4.69) is 50.5 Å². The van der Waals surface area contributed by atoms with Crippen molar-refractivity contribution in [3.05, 3.63) is 66.2 Å². The van der Waals surface area contributed by atoms with Gasteiger partial charge in [0.05, 0.1) is 28.3 Å². The number of carboxylic acids is 1. The van der Waals surface area contributed by atoms with E-state index >= 15 is 0 Å². The number of aliphatic hydroxyl groups is 1. The Hall–Kier alpha value is -2.68. The van der Waals surface area contributed by atoms with Crippen molar-refractivity contribution in [2.24, 2.45) is 0 Å². The first-order valence-corrected chi connectivity index (χ1v) is 17.9. The molecular weight excluding hydrogens is 444 g/mol. The summed E-state index contributed by atoms with van der Waals surface area (Å²) in [7, 11) is -2.92. The van der Waals surface area contributed by atoms with Crippen LogP contribution in [-0.4, -0.2) is 45.5 Å². The number of benzene rings is 3. The normalized spacial score (nSPS) is 16.2. The first kappa shape index (κ1) is 23.5.